The maximum Gasteiger partial charge on any atom is 0.251 e. The van der Waals surface area contributed by atoms with Crippen LogP contribution in [0.15, 0.2) is 59.5 Å². The highest BCUT2D eigenvalue weighted by atomic mass is 16.5. The van der Waals surface area contributed by atoms with Gasteiger partial charge in [-0.25, -0.2) is 4.98 Å². The molecule has 4 aromatic rings. The predicted octanol–water partition coefficient (Wildman–Crippen LogP) is 3.57. The molecule has 2 aliphatic rings. The second kappa shape index (κ2) is 9.16. The van der Waals surface area contributed by atoms with Gasteiger partial charge in [-0.05, 0) is 43.5 Å². The first-order valence-electron chi connectivity index (χ1n) is 12.0. The van der Waals surface area contributed by atoms with Crippen molar-refractivity contribution in [1.82, 2.24) is 25.0 Å². The summed E-state index contributed by atoms with van der Waals surface area (Å²) in [6.45, 7) is 3.30. The molecule has 1 aromatic carbocycles. The Labute approximate surface area is 202 Å². The number of nitrogens with one attached hydrogen (secondary N) is 1. The molecular weight excluding hydrogens is 446 g/mol. The number of pyridine rings is 1. The second-order valence-electron chi connectivity index (χ2n) is 9.22. The van der Waals surface area contributed by atoms with Gasteiger partial charge in [-0.2, -0.15) is 5.10 Å². The number of piperidine rings is 1. The summed E-state index contributed by atoms with van der Waals surface area (Å²) in [5.41, 5.74) is 3.76. The lowest BCUT2D eigenvalue weighted by molar-refractivity contribution is -0.137. The number of aliphatic hydroxyl groups excluding tert-OH is 1. The van der Waals surface area contributed by atoms with E-state index in [1.54, 1.807) is 12.4 Å². The fourth-order valence-corrected chi connectivity index (χ4v) is 5.07. The maximum atomic E-state index is 12.1. The van der Waals surface area contributed by atoms with Crippen LogP contribution in [0.2, 0.25) is 0 Å². The minimum atomic E-state index is -0.809. The van der Waals surface area contributed by atoms with Crippen LogP contribution in [-0.2, 0) is 11.3 Å². The molecule has 2 N–H and O–H groups in total. The number of aromatic amines is 1. The topological polar surface area (TPSA) is 108 Å². The van der Waals surface area contributed by atoms with E-state index in [1.807, 2.05) is 47.6 Å². The molecule has 0 unspecified atom stereocenters. The third kappa shape index (κ3) is 4.40. The van der Waals surface area contributed by atoms with Gasteiger partial charge in [-0.3, -0.25) is 14.8 Å². The zero-order valence-electron chi connectivity index (χ0n) is 19.3. The standard InChI is InChI=1S/C26H27N5O4/c32-23-8-12-31(26(23)33)19-6-10-30(11-7-19)15-18-16-34-24-13-20(2-3-21(18)24)35-25-4-1-17(14-27-25)22-5-9-28-29-22/h1-5,9,13-14,16,19,23,32H,6-8,10-12,15H2,(H,28,29)/t23-/m0/s1. The first-order chi connectivity index (χ1) is 17.1. The molecule has 0 radical (unpaired) electrons. The maximum absolute atomic E-state index is 12.1. The van der Waals surface area contributed by atoms with Crippen molar-refractivity contribution in [3.8, 4) is 22.9 Å². The van der Waals surface area contributed by atoms with E-state index < -0.39 is 6.10 Å². The summed E-state index contributed by atoms with van der Waals surface area (Å²) >= 11 is 0. The van der Waals surface area contributed by atoms with Crippen molar-refractivity contribution in [2.75, 3.05) is 19.6 Å². The first-order valence-corrected chi connectivity index (χ1v) is 12.0. The summed E-state index contributed by atoms with van der Waals surface area (Å²) in [4.78, 5) is 20.8. The lowest BCUT2D eigenvalue weighted by atomic mass is 10.0. The molecule has 2 aliphatic heterocycles. The largest absolute Gasteiger partial charge is 0.464 e. The number of amides is 1. The van der Waals surface area contributed by atoms with Crippen LogP contribution in [0, 0.1) is 0 Å². The Morgan fingerprint density at radius 2 is 2.00 bits per heavy atom. The number of ether oxygens (including phenoxy) is 1. The summed E-state index contributed by atoms with van der Waals surface area (Å²) in [7, 11) is 0. The van der Waals surface area contributed by atoms with Gasteiger partial charge in [0.2, 0.25) is 5.88 Å². The Hall–Kier alpha value is -3.69. The van der Waals surface area contributed by atoms with Crippen molar-refractivity contribution in [2.24, 2.45) is 0 Å². The van der Waals surface area contributed by atoms with Gasteiger partial charge in [0, 0.05) is 73.3 Å². The quantitative estimate of drug-likeness (QED) is 0.441. The fraction of sp³-hybridized carbons (Fsp3) is 0.346. The Balaban J connectivity index is 1.08. The Bertz CT molecular complexity index is 1310. The number of hydrogen-bond donors (Lipinski definition) is 2. The predicted molar refractivity (Wildman–Crippen MR) is 129 cm³/mol. The summed E-state index contributed by atoms with van der Waals surface area (Å²) in [6.07, 6.45) is 6.87. The highest BCUT2D eigenvalue weighted by Crippen LogP contribution is 2.30. The number of aromatic nitrogens is 3. The minimum Gasteiger partial charge on any atom is -0.464 e. The lowest BCUT2D eigenvalue weighted by Gasteiger charge is -2.36. The molecule has 180 valence electrons. The molecule has 1 amide bonds. The van der Waals surface area contributed by atoms with Crippen LogP contribution in [0.1, 0.15) is 24.8 Å². The van der Waals surface area contributed by atoms with E-state index in [0.29, 0.717) is 24.6 Å². The van der Waals surface area contributed by atoms with Gasteiger partial charge in [-0.15, -0.1) is 0 Å². The number of nitrogens with zero attached hydrogens (tertiary/aromatic N) is 4. The Morgan fingerprint density at radius 1 is 1.11 bits per heavy atom. The number of carbonyl (C=O) groups is 1. The van der Waals surface area contributed by atoms with Crippen molar-refractivity contribution < 1.29 is 19.1 Å². The number of rotatable bonds is 6. The van der Waals surface area contributed by atoms with Crippen molar-refractivity contribution >= 4 is 16.9 Å². The van der Waals surface area contributed by atoms with Gasteiger partial charge in [0.05, 0.1) is 12.0 Å². The lowest BCUT2D eigenvalue weighted by Crippen LogP contribution is -2.46. The Kier molecular flexibility index (Phi) is 5.71. The molecule has 1 atom stereocenters. The van der Waals surface area contributed by atoms with Crippen molar-refractivity contribution in [1.29, 1.82) is 0 Å². The fourth-order valence-electron chi connectivity index (χ4n) is 5.07. The van der Waals surface area contributed by atoms with Gasteiger partial charge in [0.1, 0.15) is 17.4 Å². The van der Waals surface area contributed by atoms with E-state index >= 15 is 0 Å². The van der Waals surface area contributed by atoms with Crippen molar-refractivity contribution in [2.45, 2.75) is 38.0 Å². The number of H-pyrrole nitrogens is 1. The summed E-state index contributed by atoms with van der Waals surface area (Å²) < 4.78 is 11.8. The van der Waals surface area contributed by atoms with Crippen LogP contribution in [0.4, 0.5) is 0 Å². The molecule has 9 heteroatoms. The number of furan rings is 1. The highest BCUT2D eigenvalue weighted by molar-refractivity contribution is 5.83. The molecular formula is C26H27N5O4. The molecule has 6 rings (SSSR count). The number of carbonyl (C=O) groups excluding carboxylic acids is 1. The van der Waals surface area contributed by atoms with E-state index in [4.69, 9.17) is 9.15 Å². The van der Waals surface area contributed by atoms with Crippen molar-refractivity contribution in [3.63, 3.8) is 0 Å². The number of likely N-dealkylation sites (tertiary alicyclic amines) is 2. The number of benzene rings is 1. The van der Waals surface area contributed by atoms with E-state index in [9.17, 15) is 9.90 Å². The molecule has 3 aromatic heterocycles. The van der Waals surface area contributed by atoms with E-state index in [0.717, 1.165) is 60.3 Å². The number of aliphatic hydroxyl groups is 1. The van der Waals surface area contributed by atoms with E-state index in [-0.39, 0.29) is 11.9 Å². The monoisotopic (exact) mass is 473 g/mol. The molecule has 9 nitrogen and oxygen atoms in total. The van der Waals surface area contributed by atoms with Gasteiger partial charge < -0.3 is 19.2 Å². The summed E-state index contributed by atoms with van der Waals surface area (Å²) in [5.74, 6) is 1.07. The highest BCUT2D eigenvalue weighted by Gasteiger charge is 2.36. The first kappa shape index (κ1) is 21.8. The van der Waals surface area contributed by atoms with Crippen LogP contribution in [0.25, 0.3) is 22.2 Å². The van der Waals surface area contributed by atoms with E-state index in [2.05, 4.69) is 20.1 Å². The molecule has 35 heavy (non-hydrogen) atoms. The molecule has 2 fully saturated rings. The zero-order valence-corrected chi connectivity index (χ0v) is 19.3. The van der Waals surface area contributed by atoms with Gasteiger partial charge >= 0.3 is 0 Å². The number of hydrogen-bond acceptors (Lipinski definition) is 7. The van der Waals surface area contributed by atoms with Crippen LogP contribution < -0.4 is 4.74 Å². The molecule has 0 aliphatic carbocycles. The minimum absolute atomic E-state index is 0.105. The third-order valence-electron chi connectivity index (χ3n) is 7.00. The summed E-state index contributed by atoms with van der Waals surface area (Å²) in [5, 5.41) is 17.7. The van der Waals surface area contributed by atoms with Gasteiger partial charge in [0.25, 0.3) is 5.91 Å². The van der Waals surface area contributed by atoms with Crippen LogP contribution >= 0.6 is 0 Å². The summed E-state index contributed by atoms with van der Waals surface area (Å²) in [6, 6.07) is 11.7. The van der Waals surface area contributed by atoms with Gasteiger partial charge in [0.15, 0.2) is 0 Å². The molecule has 5 heterocycles. The molecule has 2 saturated heterocycles. The third-order valence-corrected chi connectivity index (χ3v) is 7.00. The van der Waals surface area contributed by atoms with Crippen LogP contribution in [0.5, 0.6) is 11.6 Å². The zero-order chi connectivity index (χ0) is 23.8. The molecule has 0 saturated carbocycles. The SMILES string of the molecule is O=C1[C@@H](O)CCN1C1CCN(Cc2coc3cc(Oc4ccc(-c5ccn[nH]5)cn4)ccc23)CC1. The molecule has 0 bridgehead atoms. The van der Waals surface area contributed by atoms with Gasteiger partial charge in [-0.1, -0.05) is 0 Å². The van der Waals surface area contributed by atoms with E-state index in [1.165, 1.54) is 0 Å². The second-order valence-corrected chi connectivity index (χ2v) is 9.22. The van der Waals surface area contributed by atoms with Crippen LogP contribution in [-0.4, -0.2) is 67.8 Å². The average Bonchev–Trinajstić information content (AvgIpc) is 3.63. The normalized spacial score (nSPS) is 19.6. The van der Waals surface area contributed by atoms with Crippen molar-refractivity contribution in [3.05, 3.63) is 60.6 Å². The van der Waals surface area contributed by atoms with Crippen LogP contribution in [0.3, 0.4) is 0 Å². The average molecular weight is 474 g/mol. The Morgan fingerprint density at radius 3 is 2.71 bits per heavy atom. The smallest absolute Gasteiger partial charge is 0.251 e. The molecule has 0 spiro atoms. The number of fused-ring (bicyclic) bond motifs is 1.